The molecule has 1 aliphatic rings. The summed E-state index contributed by atoms with van der Waals surface area (Å²) in [5.74, 6) is 1.04. The van der Waals surface area contributed by atoms with Crippen LogP contribution < -0.4 is 21.3 Å². The Labute approximate surface area is 178 Å². The van der Waals surface area contributed by atoms with Crippen LogP contribution in [0, 0.1) is 11.3 Å². The van der Waals surface area contributed by atoms with Crippen molar-refractivity contribution in [2.24, 2.45) is 0 Å². The summed E-state index contributed by atoms with van der Waals surface area (Å²) in [6.07, 6.45) is 0.0809. The van der Waals surface area contributed by atoms with E-state index >= 15 is 0 Å². The highest BCUT2D eigenvalue weighted by atomic mass is 35.5. The first-order valence-corrected chi connectivity index (χ1v) is 9.94. The molecule has 152 valence electrons. The Hall–Kier alpha value is -3.57. The van der Waals surface area contributed by atoms with Crippen LogP contribution in [0.15, 0.2) is 24.3 Å². The molecular weight excluding hydrogens is 402 g/mol. The van der Waals surface area contributed by atoms with Crippen LogP contribution in [0.25, 0.3) is 10.8 Å². The zero-order valence-electron chi connectivity index (χ0n) is 16.6. The Bertz CT molecular complexity index is 1210. The molecule has 0 spiro atoms. The lowest BCUT2D eigenvalue weighted by atomic mass is 10.0. The lowest BCUT2D eigenvalue weighted by Crippen LogP contribution is -2.25. The highest BCUT2D eigenvalue weighted by molar-refractivity contribution is 6.30. The molecular formula is C21H20ClN7O. The van der Waals surface area contributed by atoms with Crippen molar-refractivity contribution in [2.45, 2.75) is 20.3 Å². The van der Waals surface area contributed by atoms with E-state index in [4.69, 9.17) is 23.1 Å². The normalized spacial score (nSPS) is 12.9. The molecule has 30 heavy (non-hydrogen) atoms. The fourth-order valence-corrected chi connectivity index (χ4v) is 4.04. The molecule has 0 fully saturated rings. The molecule has 9 heteroatoms. The summed E-state index contributed by atoms with van der Waals surface area (Å²) in [6.45, 7) is 5.26. The average molecular weight is 422 g/mol. The molecule has 1 aromatic carbocycles. The van der Waals surface area contributed by atoms with E-state index in [2.05, 4.69) is 16.0 Å². The molecule has 0 radical (unpaired) electrons. The van der Waals surface area contributed by atoms with Crippen LogP contribution in [0.2, 0.25) is 5.02 Å². The fraction of sp³-hybridized carbons (Fsp3) is 0.238. The minimum Gasteiger partial charge on any atom is -0.383 e. The van der Waals surface area contributed by atoms with Gasteiger partial charge >= 0.3 is 0 Å². The van der Waals surface area contributed by atoms with Gasteiger partial charge in [0, 0.05) is 29.1 Å². The van der Waals surface area contributed by atoms with E-state index in [1.165, 1.54) is 4.90 Å². The molecule has 2 aromatic heterocycles. The van der Waals surface area contributed by atoms with Gasteiger partial charge in [-0.05, 0) is 38.1 Å². The molecule has 4 rings (SSSR count). The third kappa shape index (κ3) is 2.86. The van der Waals surface area contributed by atoms with Gasteiger partial charge in [0.25, 0.3) is 0 Å². The Morgan fingerprint density at radius 3 is 2.37 bits per heavy atom. The minimum atomic E-state index is -0.171. The number of rotatable bonds is 4. The highest BCUT2D eigenvalue weighted by Gasteiger charge is 2.35. The molecule has 0 aliphatic carbocycles. The molecule has 0 saturated heterocycles. The lowest BCUT2D eigenvalue weighted by Gasteiger charge is -2.23. The number of halogens is 1. The number of nitrogens with zero attached hydrogens (tertiary/aromatic N) is 5. The van der Waals surface area contributed by atoms with Gasteiger partial charge in [-0.2, -0.15) is 5.26 Å². The summed E-state index contributed by atoms with van der Waals surface area (Å²) >= 11 is 5.99. The fourth-order valence-electron chi connectivity index (χ4n) is 3.92. The van der Waals surface area contributed by atoms with E-state index in [0.29, 0.717) is 57.3 Å². The van der Waals surface area contributed by atoms with Crippen molar-refractivity contribution in [3.63, 3.8) is 0 Å². The number of nitrogens with two attached hydrogens (primary N) is 2. The van der Waals surface area contributed by atoms with E-state index in [9.17, 15) is 10.1 Å². The number of carbonyl (C=O) groups excluding carboxylic acids is 1. The average Bonchev–Trinajstić information content (AvgIpc) is 3.05. The summed E-state index contributed by atoms with van der Waals surface area (Å²) in [5.41, 5.74) is 14.1. The lowest BCUT2D eigenvalue weighted by molar-refractivity contribution is -0.116. The maximum Gasteiger partial charge on any atom is 0.237 e. The molecule has 0 bridgehead atoms. The number of nitriles is 1. The van der Waals surface area contributed by atoms with Gasteiger partial charge in [-0.25, -0.2) is 9.97 Å². The van der Waals surface area contributed by atoms with Gasteiger partial charge in [-0.15, -0.1) is 0 Å². The van der Waals surface area contributed by atoms with Gasteiger partial charge in [-0.3, -0.25) is 9.69 Å². The van der Waals surface area contributed by atoms with Crippen molar-refractivity contribution in [3.8, 4) is 6.07 Å². The van der Waals surface area contributed by atoms with Gasteiger partial charge in [-0.1, -0.05) is 11.6 Å². The summed E-state index contributed by atoms with van der Waals surface area (Å²) in [4.78, 5) is 25.3. The monoisotopic (exact) mass is 421 g/mol. The van der Waals surface area contributed by atoms with Crippen molar-refractivity contribution in [1.29, 1.82) is 5.26 Å². The molecule has 0 unspecified atom stereocenters. The maximum absolute atomic E-state index is 13.0. The van der Waals surface area contributed by atoms with Crippen molar-refractivity contribution in [3.05, 3.63) is 40.4 Å². The Balaban J connectivity index is 2.06. The van der Waals surface area contributed by atoms with Crippen molar-refractivity contribution < 1.29 is 4.79 Å². The number of pyridine rings is 2. The van der Waals surface area contributed by atoms with Gasteiger partial charge in [0.15, 0.2) is 0 Å². The third-order valence-corrected chi connectivity index (χ3v) is 5.56. The van der Waals surface area contributed by atoms with Crippen LogP contribution in [-0.2, 0) is 11.2 Å². The van der Waals surface area contributed by atoms with Crippen LogP contribution in [0.5, 0.6) is 0 Å². The van der Waals surface area contributed by atoms with Crippen LogP contribution in [0.1, 0.15) is 25.0 Å². The zero-order chi connectivity index (χ0) is 21.6. The summed E-state index contributed by atoms with van der Waals surface area (Å²) < 4.78 is 0. The topological polar surface area (TPSA) is 125 Å². The van der Waals surface area contributed by atoms with E-state index in [-0.39, 0.29) is 24.0 Å². The Morgan fingerprint density at radius 1 is 1.13 bits per heavy atom. The molecule has 0 atom stereocenters. The van der Waals surface area contributed by atoms with Crippen LogP contribution in [0.3, 0.4) is 0 Å². The number of aromatic nitrogens is 2. The van der Waals surface area contributed by atoms with Gasteiger partial charge in [0.05, 0.1) is 17.5 Å². The first-order valence-electron chi connectivity index (χ1n) is 9.56. The number of hydrogen-bond donors (Lipinski definition) is 2. The van der Waals surface area contributed by atoms with Gasteiger partial charge in [0.1, 0.15) is 34.9 Å². The number of carbonyl (C=O) groups is 1. The van der Waals surface area contributed by atoms with Crippen molar-refractivity contribution in [2.75, 3.05) is 34.4 Å². The Kier molecular flexibility index (Phi) is 4.84. The molecule has 3 heterocycles. The molecule has 1 amide bonds. The van der Waals surface area contributed by atoms with E-state index in [1.807, 2.05) is 18.7 Å². The number of fused-ring (bicyclic) bond motifs is 3. The minimum absolute atomic E-state index is 0.0809. The summed E-state index contributed by atoms with van der Waals surface area (Å²) in [7, 11) is 0. The van der Waals surface area contributed by atoms with Crippen LogP contribution >= 0.6 is 11.6 Å². The number of hydrogen-bond acceptors (Lipinski definition) is 7. The number of nitrogen functional groups attached to an aromatic ring is 2. The summed E-state index contributed by atoms with van der Waals surface area (Å²) in [5, 5.41) is 11.5. The van der Waals surface area contributed by atoms with Gasteiger partial charge < -0.3 is 16.4 Å². The quantitative estimate of drug-likeness (QED) is 0.661. The van der Waals surface area contributed by atoms with Gasteiger partial charge in [0.2, 0.25) is 5.91 Å². The zero-order valence-corrected chi connectivity index (χ0v) is 17.4. The van der Waals surface area contributed by atoms with Crippen LogP contribution in [0.4, 0.5) is 29.0 Å². The molecule has 0 saturated carbocycles. The summed E-state index contributed by atoms with van der Waals surface area (Å²) in [6, 6.07) is 9.14. The second-order valence-electron chi connectivity index (χ2n) is 6.91. The largest absolute Gasteiger partial charge is 0.383 e. The van der Waals surface area contributed by atoms with Crippen molar-refractivity contribution in [1.82, 2.24) is 9.97 Å². The molecule has 3 aromatic rings. The molecule has 8 nitrogen and oxygen atoms in total. The number of benzene rings is 1. The predicted molar refractivity (Wildman–Crippen MR) is 119 cm³/mol. The Morgan fingerprint density at radius 2 is 1.77 bits per heavy atom. The van der Waals surface area contributed by atoms with Crippen molar-refractivity contribution >= 4 is 57.2 Å². The molecule has 1 aliphatic heterocycles. The highest BCUT2D eigenvalue weighted by Crippen LogP contribution is 2.44. The predicted octanol–water partition coefficient (Wildman–Crippen LogP) is 3.39. The molecule has 4 N–H and O–H groups in total. The number of amides is 1. The van der Waals surface area contributed by atoms with Crippen LogP contribution in [-0.4, -0.2) is 29.0 Å². The van der Waals surface area contributed by atoms with E-state index in [1.54, 1.807) is 24.3 Å². The first-order chi connectivity index (χ1) is 14.4. The van der Waals surface area contributed by atoms with E-state index in [0.717, 1.165) is 0 Å². The maximum atomic E-state index is 13.0. The van der Waals surface area contributed by atoms with E-state index < -0.39 is 0 Å². The SMILES string of the molecule is CCN(CC)c1nc(N)c2c(N)nc3c(c2c1C#N)CC(=O)N3c1ccc(Cl)cc1. The first kappa shape index (κ1) is 19.7. The second kappa shape index (κ2) is 7.35. The smallest absolute Gasteiger partial charge is 0.237 e. The third-order valence-electron chi connectivity index (χ3n) is 5.31. The number of anilines is 5. The standard InChI is InChI=1S/C21H20ClN7O/c1-3-28(4-2)20-14(10-23)16-13-9-15(30)29(12-7-5-11(22)6-8-12)21(13)27-19(25)17(16)18(24)26-20/h5-8H,3-4,9H2,1-2H3,(H2,24,26)(H2,25,27). The second-order valence-corrected chi connectivity index (χ2v) is 7.35.